The molecule has 2 saturated heterocycles. The molecule has 5 nitrogen and oxygen atoms in total. The van der Waals surface area contributed by atoms with E-state index in [1.807, 2.05) is 0 Å². The van der Waals surface area contributed by atoms with Gasteiger partial charge in [0.25, 0.3) is 0 Å². The molecule has 1 aliphatic carbocycles. The van der Waals surface area contributed by atoms with Gasteiger partial charge in [-0.05, 0) is 44.6 Å². The summed E-state index contributed by atoms with van der Waals surface area (Å²) in [6, 6.07) is -0.876. The third-order valence-electron chi connectivity index (χ3n) is 5.89. The van der Waals surface area contributed by atoms with Crippen LogP contribution in [0.25, 0.3) is 0 Å². The normalized spacial score (nSPS) is 34.0. The van der Waals surface area contributed by atoms with Crippen molar-refractivity contribution in [1.29, 1.82) is 0 Å². The summed E-state index contributed by atoms with van der Waals surface area (Å²) >= 11 is 0. The molecule has 1 N–H and O–H groups in total. The second-order valence-corrected chi connectivity index (χ2v) is 7.64. The number of likely N-dealkylation sites (tertiary alicyclic amines) is 2. The van der Waals surface area contributed by atoms with E-state index in [4.69, 9.17) is 0 Å². The van der Waals surface area contributed by atoms with Crippen LogP contribution in [-0.2, 0) is 9.59 Å². The predicted molar refractivity (Wildman–Crippen MR) is 83.9 cm³/mol. The molecular weight excluding hydrogens is 337 g/mol. The summed E-state index contributed by atoms with van der Waals surface area (Å²) in [7, 11) is 0. The summed E-state index contributed by atoms with van der Waals surface area (Å²) in [4.78, 5) is 27.5. The van der Waals surface area contributed by atoms with Gasteiger partial charge in [-0.25, -0.2) is 4.79 Å². The maximum absolute atomic E-state index is 13.0. The Morgan fingerprint density at radius 3 is 2.48 bits per heavy atom. The number of hydrogen-bond donors (Lipinski definition) is 1. The van der Waals surface area contributed by atoms with E-state index < -0.39 is 30.7 Å². The molecule has 0 radical (unpaired) electrons. The largest absolute Gasteiger partial charge is 0.480 e. The Labute approximate surface area is 145 Å². The van der Waals surface area contributed by atoms with E-state index in [9.17, 15) is 27.9 Å². The number of alkyl halides is 3. The Balaban J connectivity index is 1.72. The lowest BCUT2D eigenvalue weighted by atomic mass is 9.84. The number of aliphatic carboxylic acids is 1. The molecule has 4 unspecified atom stereocenters. The molecule has 0 aromatic carbocycles. The summed E-state index contributed by atoms with van der Waals surface area (Å²) in [6.07, 6.45) is 1.03. The highest BCUT2D eigenvalue weighted by Crippen LogP contribution is 2.41. The molecule has 4 atom stereocenters. The highest BCUT2D eigenvalue weighted by molar-refractivity contribution is 5.86. The lowest BCUT2D eigenvalue weighted by molar-refractivity contribution is -0.158. The van der Waals surface area contributed by atoms with Crippen LogP contribution in [0.5, 0.6) is 0 Å². The molecule has 3 fully saturated rings. The number of rotatable bonds is 3. The molecule has 8 heteroatoms. The number of amides is 1. The highest BCUT2D eigenvalue weighted by Gasteiger charge is 2.49. The van der Waals surface area contributed by atoms with Crippen LogP contribution in [0, 0.1) is 11.8 Å². The lowest BCUT2D eigenvalue weighted by Gasteiger charge is -2.38. The monoisotopic (exact) mass is 362 g/mol. The first kappa shape index (κ1) is 18.5. The minimum atomic E-state index is -4.28. The molecular formula is C17H25F3N2O3. The number of carbonyl (C=O) groups excluding carboxylic acids is 1. The number of hydrogen-bond acceptors (Lipinski definition) is 3. The van der Waals surface area contributed by atoms with E-state index >= 15 is 0 Å². The second kappa shape index (κ2) is 7.13. The molecule has 25 heavy (non-hydrogen) atoms. The van der Waals surface area contributed by atoms with Crippen LogP contribution in [0.1, 0.15) is 44.9 Å². The number of nitrogens with zero attached hydrogens (tertiary/aromatic N) is 2. The molecule has 3 rings (SSSR count). The summed E-state index contributed by atoms with van der Waals surface area (Å²) in [5, 5.41) is 9.53. The fraction of sp³-hybridized carbons (Fsp3) is 0.882. The Kier molecular flexibility index (Phi) is 5.27. The van der Waals surface area contributed by atoms with Gasteiger partial charge in [-0.15, -0.1) is 0 Å². The van der Waals surface area contributed by atoms with Crippen LogP contribution in [0.3, 0.4) is 0 Å². The molecule has 0 aromatic rings. The van der Waals surface area contributed by atoms with Crippen molar-refractivity contribution in [3.8, 4) is 0 Å². The molecule has 0 aromatic heterocycles. The van der Waals surface area contributed by atoms with Crippen LogP contribution in [0.4, 0.5) is 13.2 Å². The fourth-order valence-electron chi connectivity index (χ4n) is 4.86. The lowest BCUT2D eigenvalue weighted by Crippen LogP contribution is -2.52. The Hall–Kier alpha value is -1.31. The second-order valence-electron chi connectivity index (χ2n) is 7.64. The van der Waals surface area contributed by atoms with Crippen LogP contribution in [-0.4, -0.2) is 64.7 Å². The number of carbonyl (C=O) groups is 2. The summed E-state index contributed by atoms with van der Waals surface area (Å²) in [6.45, 7) is -0.610. The summed E-state index contributed by atoms with van der Waals surface area (Å²) < 4.78 is 37.9. The third-order valence-corrected chi connectivity index (χ3v) is 5.89. The van der Waals surface area contributed by atoms with Crippen molar-refractivity contribution in [2.75, 3.05) is 19.6 Å². The molecule has 1 amide bonds. The van der Waals surface area contributed by atoms with E-state index in [2.05, 4.69) is 0 Å². The van der Waals surface area contributed by atoms with Crippen molar-refractivity contribution in [2.24, 2.45) is 11.8 Å². The van der Waals surface area contributed by atoms with E-state index in [0.29, 0.717) is 25.8 Å². The van der Waals surface area contributed by atoms with E-state index in [1.54, 1.807) is 0 Å². The van der Waals surface area contributed by atoms with Crippen LogP contribution >= 0.6 is 0 Å². The maximum Gasteiger partial charge on any atom is 0.401 e. The zero-order valence-electron chi connectivity index (χ0n) is 14.2. The Bertz CT molecular complexity index is 526. The van der Waals surface area contributed by atoms with Gasteiger partial charge in [0, 0.05) is 12.6 Å². The van der Waals surface area contributed by atoms with Gasteiger partial charge in [0.1, 0.15) is 6.04 Å². The molecule has 0 bridgehead atoms. The predicted octanol–water partition coefficient (Wildman–Crippen LogP) is 2.51. The minimum Gasteiger partial charge on any atom is -0.480 e. The zero-order chi connectivity index (χ0) is 18.2. The first-order valence-electron chi connectivity index (χ1n) is 9.10. The highest BCUT2D eigenvalue weighted by atomic mass is 19.4. The Morgan fingerprint density at radius 2 is 1.80 bits per heavy atom. The van der Waals surface area contributed by atoms with E-state index in [1.165, 1.54) is 9.80 Å². The zero-order valence-corrected chi connectivity index (χ0v) is 14.2. The van der Waals surface area contributed by atoms with Crippen molar-refractivity contribution in [3.05, 3.63) is 0 Å². The number of fused-ring (bicyclic) bond motifs is 1. The van der Waals surface area contributed by atoms with Crippen molar-refractivity contribution in [1.82, 2.24) is 9.80 Å². The number of halogens is 3. The van der Waals surface area contributed by atoms with Gasteiger partial charge in [-0.1, -0.05) is 12.8 Å². The van der Waals surface area contributed by atoms with E-state index in [-0.39, 0.29) is 24.4 Å². The average molecular weight is 362 g/mol. The first-order valence-corrected chi connectivity index (χ1v) is 9.10. The number of piperidine rings is 1. The van der Waals surface area contributed by atoms with Crippen molar-refractivity contribution >= 4 is 11.9 Å². The van der Waals surface area contributed by atoms with Crippen LogP contribution in [0.2, 0.25) is 0 Å². The standard InChI is InChI=1S/C17H25F3N2O3/c18-17(19,20)10-21-7-3-5-12(9-21)15(23)22-13-6-2-1-4-11(13)8-14(22)16(24)25/h11-14H,1-10H2,(H,24,25). The number of carboxylic acid groups (broad SMARTS) is 1. The van der Waals surface area contributed by atoms with E-state index in [0.717, 1.165) is 25.7 Å². The molecule has 2 aliphatic heterocycles. The molecule has 1 saturated carbocycles. The smallest absolute Gasteiger partial charge is 0.401 e. The van der Waals surface area contributed by atoms with Crippen molar-refractivity contribution in [3.63, 3.8) is 0 Å². The van der Waals surface area contributed by atoms with Crippen molar-refractivity contribution < 1.29 is 27.9 Å². The van der Waals surface area contributed by atoms with Crippen LogP contribution in [0.15, 0.2) is 0 Å². The quantitative estimate of drug-likeness (QED) is 0.838. The minimum absolute atomic E-state index is 0.0552. The van der Waals surface area contributed by atoms with Gasteiger partial charge in [-0.2, -0.15) is 13.2 Å². The van der Waals surface area contributed by atoms with Gasteiger partial charge < -0.3 is 10.0 Å². The topological polar surface area (TPSA) is 60.9 Å². The van der Waals surface area contributed by atoms with Crippen LogP contribution < -0.4 is 0 Å². The van der Waals surface area contributed by atoms with Gasteiger partial charge in [0.2, 0.25) is 5.91 Å². The molecule has 3 aliphatic rings. The maximum atomic E-state index is 13.0. The van der Waals surface area contributed by atoms with Gasteiger partial charge in [0.05, 0.1) is 12.5 Å². The first-order chi connectivity index (χ1) is 11.8. The Morgan fingerprint density at radius 1 is 1.08 bits per heavy atom. The molecule has 2 heterocycles. The fourth-order valence-corrected chi connectivity index (χ4v) is 4.86. The number of carboxylic acids is 1. The van der Waals surface area contributed by atoms with Gasteiger partial charge in [0.15, 0.2) is 0 Å². The van der Waals surface area contributed by atoms with Crippen molar-refractivity contribution in [2.45, 2.75) is 63.2 Å². The average Bonchev–Trinajstić information content (AvgIpc) is 2.92. The molecule has 0 spiro atoms. The summed E-state index contributed by atoms with van der Waals surface area (Å²) in [5.41, 5.74) is 0. The van der Waals surface area contributed by atoms with Gasteiger partial charge >= 0.3 is 12.1 Å². The summed E-state index contributed by atoms with van der Waals surface area (Å²) in [5.74, 6) is -1.56. The molecule has 142 valence electrons. The SMILES string of the molecule is O=C(O)C1CC2CCCCC2N1C(=O)C1CCCN(CC(F)(F)F)C1. The van der Waals surface area contributed by atoms with Gasteiger partial charge in [-0.3, -0.25) is 9.69 Å². The third kappa shape index (κ3) is 4.10.